The van der Waals surface area contributed by atoms with Gasteiger partial charge in [0.1, 0.15) is 0 Å². The van der Waals surface area contributed by atoms with Gasteiger partial charge in [-0.3, -0.25) is 9.59 Å². The molecule has 0 aromatic carbocycles. The van der Waals surface area contributed by atoms with Crippen molar-refractivity contribution in [2.45, 2.75) is 44.8 Å². The molecule has 0 unspecified atom stereocenters. The van der Waals surface area contributed by atoms with E-state index in [0.29, 0.717) is 18.9 Å². The van der Waals surface area contributed by atoms with Crippen molar-refractivity contribution in [2.75, 3.05) is 13.7 Å². The summed E-state index contributed by atoms with van der Waals surface area (Å²) in [5, 5.41) is 0. The lowest BCUT2D eigenvalue weighted by Gasteiger charge is -2.54. The number of ketones is 2. The molecule has 0 amide bonds. The number of hydrogen-bond donors (Lipinski definition) is 0. The van der Waals surface area contributed by atoms with Gasteiger partial charge in [-0.25, -0.2) is 0 Å². The summed E-state index contributed by atoms with van der Waals surface area (Å²) < 4.78 is 11.3. The van der Waals surface area contributed by atoms with E-state index in [1.54, 1.807) is 7.11 Å². The number of hydrogen-bond acceptors (Lipinski definition) is 4. The molecular weight excluding hydrogens is 304 g/mol. The fraction of sp³-hybridized carbons (Fsp3) is 0.700. The quantitative estimate of drug-likeness (QED) is 0.743. The van der Waals surface area contributed by atoms with Crippen molar-refractivity contribution < 1.29 is 19.1 Å². The Morgan fingerprint density at radius 1 is 1.25 bits per heavy atom. The second kappa shape index (κ2) is 4.47. The number of rotatable bonds is 1. The summed E-state index contributed by atoms with van der Waals surface area (Å²) in [6, 6.07) is 0. The number of ether oxygens (including phenoxy) is 2. The lowest BCUT2D eigenvalue weighted by atomic mass is 9.48. The summed E-state index contributed by atoms with van der Waals surface area (Å²) >= 11 is 0. The van der Waals surface area contributed by atoms with Gasteiger partial charge < -0.3 is 9.47 Å². The lowest BCUT2D eigenvalue weighted by molar-refractivity contribution is -0.215. The summed E-state index contributed by atoms with van der Waals surface area (Å²) in [7, 11) is 1.56. The highest BCUT2D eigenvalue weighted by Gasteiger charge is 2.74. The maximum absolute atomic E-state index is 13.0. The van der Waals surface area contributed by atoms with Crippen LogP contribution in [0.3, 0.4) is 0 Å². The molecule has 3 fully saturated rings. The van der Waals surface area contributed by atoms with Crippen molar-refractivity contribution in [1.82, 2.24) is 0 Å². The third kappa shape index (κ3) is 1.49. The van der Waals surface area contributed by atoms with Crippen molar-refractivity contribution in [2.24, 2.45) is 28.6 Å². The van der Waals surface area contributed by atoms with Crippen LogP contribution >= 0.6 is 0 Å². The van der Waals surface area contributed by atoms with Crippen LogP contribution < -0.4 is 0 Å². The van der Waals surface area contributed by atoms with Crippen LogP contribution in [0.1, 0.15) is 39.0 Å². The van der Waals surface area contributed by atoms with E-state index in [9.17, 15) is 9.59 Å². The summed E-state index contributed by atoms with van der Waals surface area (Å²) in [6.07, 6.45) is 10.7. The van der Waals surface area contributed by atoms with Crippen molar-refractivity contribution in [1.29, 1.82) is 0 Å². The van der Waals surface area contributed by atoms with E-state index < -0.39 is 11.2 Å². The zero-order valence-electron chi connectivity index (χ0n) is 14.3. The number of carbonyl (C=O) groups is 2. The van der Waals surface area contributed by atoms with E-state index in [1.807, 2.05) is 6.08 Å². The minimum atomic E-state index is -1.09. The molecule has 1 spiro atoms. The maximum Gasteiger partial charge on any atom is 0.229 e. The summed E-state index contributed by atoms with van der Waals surface area (Å²) in [5.41, 5.74) is 0.781. The van der Waals surface area contributed by atoms with E-state index in [0.717, 1.165) is 25.7 Å². The first-order chi connectivity index (χ1) is 11.5. The van der Waals surface area contributed by atoms with Crippen LogP contribution in [0.5, 0.6) is 0 Å². The Kier molecular flexibility index (Phi) is 2.80. The Labute approximate surface area is 142 Å². The molecule has 2 saturated carbocycles. The van der Waals surface area contributed by atoms with Crippen molar-refractivity contribution in [3.8, 4) is 0 Å². The average molecular weight is 328 g/mol. The molecule has 6 atom stereocenters. The lowest BCUT2D eigenvalue weighted by Crippen LogP contribution is -2.54. The van der Waals surface area contributed by atoms with E-state index >= 15 is 0 Å². The number of carbonyl (C=O) groups excluding carboxylic acids is 2. The van der Waals surface area contributed by atoms with Gasteiger partial charge in [0.05, 0.1) is 12.0 Å². The van der Waals surface area contributed by atoms with Crippen molar-refractivity contribution in [3.05, 3.63) is 23.8 Å². The fourth-order valence-electron chi connectivity index (χ4n) is 6.52. The Bertz CT molecular complexity index is 706. The molecule has 1 saturated heterocycles. The molecule has 4 nitrogen and oxygen atoms in total. The van der Waals surface area contributed by atoms with Crippen LogP contribution in [0, 0.1) is 28.6 Å². The van der Waals surface area contributed by atoms with Crippen LogP contribution in [0.25, 0.3) is 0 Å². The predicted octanol–water partition coefficient (Wildman–Crippen LogP) is 2.83. The summed E-state index contributed by atoms with van der Waals surface area (Å²) in [4.78, 5) is 26.1. The number of methoxy groups -OCH3 is 1. The van der Waals surface area contributed by atoms with Gasteiger partial charge in [-0.1, -0.05) is 19.1 Å². The predicted molar refractivity (Wildman–Crippen MR) is 87.0 cm³/mol. The number of fused-ring (bicyclic) bond motifs is 5. The van der Waals surface area contributed by atoms with Gasteiger partial charge in [-0.05, 0) is 54.6 Å². The largest absolute Gasteiger partial charge is 0.347 e. The second-order valence-electron chi connectivity index (χ2n) is 8.57. The second-order valence-corrected chi connectivity index (χ2v) is 8.57. The van der Waals surface area contributed by atoms with Crippen molar-refractivity contribution >= 4 is 11.6 Å². The van der Waals surface area contributed by atoms with E-state index in [-0.39, 0.29) is 28.8 Å². The Balaban J connectivity index is 1.61. The molecule has 4 aliphatic carbocycles. The zero-order valence-corrected chi connectivity index (χ0v) is 14.3. The molecular formula is C20H24O4. The van der Waals surface area contributed by atoms with E-state index in [2.05, 4.69) is 19.1 Å². The molecule has 0 aromatic rings. The monoisotopic (exact) mass is 328 g/mol. The average Bonchev–Trinajstić information content (AvgIpc) is 3.00. The maximum atomic E-state index is 13.0. The highest BCUT2D eigenvalue weighted by Crippen LogP contribution is 2.67. The molecule has 5 aliphatic rings. The molecule has 2 bridgehead atoms. The van der Waals surface area contributed by atoms with Crippen molar-refractivity contribution in [3.63, 3.8) is 0 Å². The summed E-state index contributed by atoms with van der Waals surface area (Å²) in [6.45, 7) is 2.75. The zero-order chi connectivity index (χ0) is 16.7. The van der Waals surface area contributed by atoms with E-state index in [1.165, 1.54) is 5.57 Å². The third-order valence-corrected chi connectivity index (χ3v) is 7.89. The number of allylic oxidation sites excluding steroid dienone is 4. The fourth-order valence-corrected chi connectivity index (χ4v) is 6.52. The van der Waals surface area contributed by atoms with Crippen LogP contribution in [0.15, 0.2) is 23.8 Å². The van der Waals surface area contributed by atoms with Gasteiger partial charge in [0.15, 0.2) is 5.78 Å². The molecule has 24 heavy (non-hydrogen) atoms. The Hall–Kier alpha value is -1.26. The topological polar surface area (TPSA) is 52.6 Å². The van der Waals surface area contributed by atoms with Gasteiger partial charge in [-0.15, -0.1) is 0 Å². The van der Waals surface area contributed by atoms with Crippen LogP contribution in [-0.4, -0.2) is 31.1 Å². The highest BCUT2D eigenvalue weighted by molar-refractivity contribution is 6.00. The molecule has 0 aromatic heterocycles. The minimum Gasteiger partial charge on any atom is -0.347 e. The number of Topliss-reactive ketones (excluding diaryl/α,β-unsaturated/α-hetero) is 1. The Morgan fingerprint density at radius 3 is 2.88 bits per heavy atom. The molecule has 4 heteroatoms. The van der Waals surface area contributed by atoms with Crippen LogP contribution in [0.4, 0.5) is 0 Å². The van der Waals surface area contributed by atoms with Crippen LogP contribution in [-0.2, 0) is 19.1 Å². The molecule has 5 rings (SSSR count). The van der Waals surface area contributed by atoms with Gasteiger partial charge >= 0.3 is 0 Å². The molecule has 1 heterocycles. The molecule has 128 valence electrons. The minimum absolute atomic E-state index is 0.0520. The third-order valence-electron chi connectivity index (χ3n) is 7.89. The Morgan fingerprint density at radius 2 is 2.08 bits per heavy atom. The first kappa shape index (κ1) is 15.0. The normalized spacial score (nSPS) is 51.9. The first-order valence-corrected chi connectivity index (χ1v) is 9.13. The highest BCUT2D eigenvalue weighted by atomic mass is 16.7. The van der Waals surface area contributed by atoms with Gasteiger partial charge in [-0.2, -0.15) is 0 Å². The van der Waals surface area contributed by atoms with E-state index in [4.69, 9.17) is 9.47 Å². The molecule has 0 radical (unpaired) electrons. The van der Waals surface area contributed by atoms with Gasteiger partial charge in [0, 0.05) is 19.4 Å². The van der Waals surface area contributed by atoms with Crippen LogP contribution in [0.2, 0.25) is 0 Å². The SMILES string of the molecule is CO[C@@]12C[C@H]3[C@@H]4C(=O)C=C5C=CCC[C@]5(C)[C@H]4CC[C@]3(CO1)C2=O. The smallest absolute Gasteiger partial charge is 0.229 e. The standard InChI is InChI=1S/C20H24O4/c1-18-7-4-3-5-12(18)9-15(21)16-13(18)6-8-19-11-24-20(23-2,17(19)22)10-14(16)19/h3,5,9,13-14,16H,4,6-8,10-11H2,1-2H3/t13-,14-,16+,18-,19+,20-/m0/s1. The molecule has 0 N–H and O–H groups in total. The molecule has 1 aliphatic heterocycles. The van der Waals surface area contributed by atoms with Gasteiger partial charge in [0.25, 0.3) is 0 Å². The van der Waals surface area contributed by atoms with Gasteiger partial charge in [0.2, 0.25) is 11.6 Å². The summed E-state index contributed by atoms with van der Waals surface area (Å²) in [5.74, 6) is -0.412. The first-order valence-electron chi connectivity index (χ1n) is 9.13.